The quantitative estimate of drug-likeness (QED) is 0.606. The Morgan fingerprint density at radius 1 is 1.28 bits per heavy atom. The van der Waals surface area contributed by atoms with E-state index in [1.807, 2.05) is 45.9 Å². The first kappa shape index (κ1) is 21.5. The first-order chi connectivity index (χ1) is 11.7. The molecule has 1 unspecified atom stereocenters. The number of carbonyl (C=O) groups is 1. The highest BCUT2D eigenvalue weighted by atomic mass is 19.1. The zero-order valence-electron chi connectivity index (χ0n) is 16.5. The second-order valence-electron chi connectivity index (χ2n) is 7.55. The summed E-state index contributed by atoms with van der Waals surface area (Å²) in [6, 6.07) is 5.85. The number of hydrogen-bond donors (Lipinski definition) is 0. The summed E-state index contributed by atoms with van der Waals surface area (Å²) in [6.45, 7) is 11.7. The summed E-state index contributed by atoms with van der Waals surface area (Å²) in [4.78, 5) is 10.2. The minimum absolute atomic E-state index is 0.225. The van der Waals surface area contributed by atoms with E-state index >= 15 is 0 Å². The average molecular weight is 352 g/mol. The number of alkyl halides is 1. The van der Waals surface area contributed by atoms with Crippen LogP contribution in [0.15, 0.2) is 18.2 Å². The Kier molecular flexibility index (Phi) is 8.40. The van der Waals surface area contributed by atoms with Crippen LogP contribution in [0.2, 0.25) is 0 Å². The Bertz CT molecular complexity index is 545. The molecule has 0 N–H and O–H groups in total. The van der Waals surface area contributed by atoms with Crippen molar-refractivity contribution in [1.82, 2.24) is 0 Å². The van der Waals surface area contributed by atoms with Crippen LogP contribution in [0.4, 0.5) is 4.39 Å². The molecule has 1 aliphatic rings. The van der Waals surface area contributed by atoms with Gasteiger partial charge in [-0.05, 0) is 75.6 Å². The Hall–Kier alpha value is -1.58. The van der Waals surface area contributed by atoms with Gasteiger partial charge in [0.25, 0.3) is 0 Å². The van der Waals surface area contributed by atoms with Gasteiger partial charge in [0.15, 0.2) is 0 Å². The van der Waals surface area contributed by atoms with Crippen LogP contribution in [0.1, 0.15) is 78.1 Å². The van der Waals surface area contributed by atoms with E-state index in [-0.39, 0.29) is 11.6 Å². The lowest BCUT2D eigenvalue weighted by Crippen LogP contribution is -2.21. The maximum atomic E-state index is 13.8. The lowest BCUT2D eigenvalue weighted by atomic mass is 9.99. The number of esters is 1. The molecule has 0 bridgehead atoms. The summed E-state index contributed by atoms with van der Waals surface area (Å²) in [5.74, 6) is 1.33. The number of carbonyl (C=O) groups excluding carboxylic acids is 1. The fourth-order valence-electron chi connectivity index (χ4n) is 2.43. The van der Waals surface area contributed by atoms with Crippen LogP contribution in [-0.2, 0) is 16.0 Å². The van der Waals surface area contributed by atoms with E-state index in [1.54, 1.807) is 0 Å². The molecule has 0 aliphatic heterocycles. The molecule has 0 spiro atoms. The van der Waals surface area contributed by atoms with E-state index in [0.717, 1.165) is 35.8 Å². The van der Waals surface area contributed by atoms with Gasteiger partial charge in [0.2, 0.25) is 0 Å². The number of ether oxygens (including phenoxy) is 2. The standard InChI is InChI=1S/C15H21FO.C6H12O2/c1-3-12-7-8-13(17-10-11-5-6-11)9-14(12)15(16)4-2;1-5(7)8-6(2,3)4/h7-9,11,15H,3-6,10H2,1-2H3;1-4H3. The molecule has 1 aromatic carbocycles. The summed E-state index contributed by atoms with van der Waals surface area (Å²) < 4.78 is 24.3. The molecule has 1 atom stereocenters. The van der Waals surface area contributed by atoms with Crippen molar-refractivity contribution in [3.8, 4) is 5.75 Å². The van der Waals surface area contributed by atoms with Gasteiger partial charge >= 0.3 is 5.97 Å². The van der Waals surface area contributed by atoms with Crippen LogP contribution in [0, 0.1) is 5.92 Å². The SMILES string of the molecule is CC(=O)OC(C)(C)C.CCc1ccc(OCC2CC2)cc1C(F)CC. The van der Waals surface area contributed by atoms with Gasteiger partial charge in [0.05, 0.1) is 6.61 Å². The lowest BCUT2D eigenvalue weighted by Gasteiger charge is -2.17. The molecule has 0 heterocycles. The first-order valence-corrected chi connectivity index (χ1v) is 9.25. The van der Waals surface area contributed by atoms with E-state index in [1.165, 1.54) is 19.8 Å². The molecule has 0 saturated heterocycles. The molecule has 3 nitrogen and oxygen atoms in total. The highest BCUT2D eigenvalue weighted by Gasteiger charge is 2.22. The zero-order chi connectivity index (χ0) is 19.0. The molecular weight excluding hydrogens is 319 g/mol. The van der Waals surface area contributed by atoms with Crippen molar-refractivity contribution in [3.63, 3.8) is 0 Å². The van der Waals surface area contributed by atoms with Crippen LogP contribution in [0.3, 0.4) is 0 Å². The van der Waals surface area contributed by atoms with Crippen LogP contribution >= 0.6 is 0 Å². The highest BCUT2D eigenvalue weighted by Crippen LogP contribution is 2.32. The van der Waals surface area contributed by atoms with E-state index in [9.17, 15) is 9.18 Å². The fourth-order valence-corrected chi connectivity index (χ4v) is 2.43. The van der Waals surface area contributed by atoms with Crippen molar-refractivity contribution in [2.45, 2.75) is 79.0 Å². The molecule has 0 radical (unpaired) electrons. The van der Waals surface area contributed by atoms with Crippen LogP contribution in [0.5, 0.6) is 5.75 Å². The molecule has 1 fully saturated rings. The third kappa shape index (κ3) is 8.89. The van der Waals surface area contributed by atoms with Crippen LogP contribution < -0.4 is 4.74 Å². The summed E-state index contributed by atoms with van der Waals surface area (Å²) in [5.41, 5.74) is 1.58. The molecule has 2 rings (SSSR count). The predicted molar refractivity (Wildman–Crippen MR) is 99.7 cm³/mol. The van der Waals surface area contributed by atoms with Crippen molar-refractivity contribution in [2.24, 2.45) is 5.92 Å². The third-order valence-corrected chi connectivity index (χ3v) is 3.83. The molecule has 1 saturated carbocycles. The van der Waals surface area contributed by atoms with Crippen molar-refractivity contribution >= 4 is 5.97 Å². The maximum absolute atomic E-state index is 13.8. The summed E-state index contributed by atoms with van der Waals surface area (Å²) in [7, 11) is 0. The number of benzene rings is 1. The predicted octanol–water partition coefficient (Wildman–Crippen LogP) is 5.81. The number of rotatable bonds is 6. The molecule has 4 heteroatoms. The normalized spacial score (nSPS) is 15.0. The second-order valence-corrected chi connectivity index (χ2v) is 7.55. The maximum Gasteiger partial charge on any atom is 0.303 e. The number of halogens is 1. The van der Waals surface area contributed by atoms with E-state index in [2.05, 4.69) is 6.92 Å². The Morgan fingerprint density at radius 2 is 1.92 bits per heavy atom. The van der Waals surface area contributed by atoms with Gasteiger partial charge in [-0.25, -0.2) is 4.39 Å². The third-order valence-electron chi connectivity index (χ3n) is 3.83. The lowest BCUT2D eigenvalue weighted by molar-refractivity contribution is -0.151. The Balaban J connectivity index is 0.000000333. The summed E-state index contributed by atoms with van der Waals surface area (Å²) >= 11 is 0. The molecule has 0 amide bonds. The van der Waals surface area contributed by atoms with Crippen molar-refractivity contribution in [3.05, 3.63) is 29.3 Å². The fraction of sp³-hybridized carbons (Fsp3) is 0.667. The van der Waals surface area contributed by atoms with Crippen molar-refractivity contribution in [1.29, 1.82) is 0 Å². The van der Waals surface area contributed by atoms with E-state index < -0.39 is 6.17 Å². The molecular formula is C21H33FO3. The molecule has 1 aliphatic carbocycles. The second kappa shape index (κ2) is 9.79. The molecule has 0 aromatic heterocycles. The van der Waals surface area contributed by atoms with Crippen molar-refractivity contribution < 1.29 is 18.7 Å². The van der Waals surface area contributed by atoms with Gasteiger partial charge in [-0.3, -0.25) is 4.79 Å². The Labute approximate surface area is 151 Å². The number of hydrogen-bond acceptors (Lipinski definition) is 3. The van der Waals surface area contributed by atoms with Crippen LogP contribution in [-0.4, -0.2) is 18.2 Å². The first-order valence-electron chi connectivity index (χ1n) is 9.25. The minimum atomic E-state index is -0.866. The van der Waals surface area contributed by atoms with Gasteiger partial charge in [-0.1, -0.05) is 19.9 Å². The van der Waals surface area contributed by atoms with Crippen LogP contribution in [0.25, 0.3) is 0 Å². The van der Waals surface area contributed by atoms with Gasteiger partial charge in [0.1, 0.15) is 17.5 Å². The smallest absolute Gasteiger partial charge is 0.303 e. The van der Waals surface area contributed by atoms with E-state index in [4.69, 9.17) is 9.47 Å². The highest BCUT2D eigenvalue weighted by molar-refractivity contribution is 5.66. The molecule has 142 valence electrons. The monoisotopic (exact) mass is 352 g/mol. The summed E-state index contributed by atoms with van der Waals surface area (Å²) in [6.07, 6.45) is 3.09. The topological polar surface area (TPSA) is 35.5 Å². The van der Waals surface area contributed by atoms with Gasteiger partial charge in [-0.15, -0.1) is 0 Å². The van der Waals surface area contributed by atoms with E-state index in [0.29, 0.717) is 6.42 Å². The van der Waals surface area contributed by atoms with Gasteiger partial charge in [-0.2, -0.15) is 0 Å². The largest absolute Gasteiger partial charge is 0.493 e. The number of aryl methyl sites for hydroxylation is 1. The minimum Gasteiger partial charge on any atom is -0.493 e. The average Bonchev–Trinajstić information content (AvgIpc) is 3.34. The molecule has 25 heavy (non-hydrogen) atoms. The summed E-state index contributed by atoms with van der Waals surface area (Å²) in [5, 5.41) is 0. The van der Waals surface area contributed by atoms with Gasteiger partial charge < -0.3 is 9.47 Å². The molecule has 1 aromatic rings. The zero-order valence-corrected chi connectivity index (χ0v) is 16.5. The Morgan fingerprint density at radius 3 is 2.32 bits per heavy atom. The van der Waals surface area contributed by atoms with Crippen molar-refractivity contribution in [2.75, 3.05) is 6.61 Å². The van der Waals surface area contributed by atoms with Gasteiger partial charge in [0, 0.05) is 6.92 Å².